The number of carbonyl (C=O) groups excluding carboxylic acids is 3. The minimum Gasteiger partial charge on any atom is -0.465 e. The lowest BCUT2D eigenvalue weighted by Gasteiger charge is -2.50. The van der Waals surface area contributed by atoms with Crippen molar-refractivity contribution in [3.05, 3.63) is 11.6 Å². The van der Waals surface area contributed by atoms with Gasteiger partial charge >= 0.3 is 17.9 Å². The number of hydrogen-bond donors (Lipinski definition) is 1. The van der Waals surface area contributed by atoms with Crippen molar-refractivity contribution in [3.8, 4) is 0 Å². The lowest BCUT2D eigenvalue weighted by Crippen LogP contribution is -2.49. The number of hydrogen-bond acceptors (Lipinski definition) is 8. The molecule has 5 fully saturated rings. The number of fused-ring (bicyclic) bond motifs is 1. The van der Waals surface area contributed by atoms with Crippen molar-refractivity contribution in [2.24, 2.45) is 40.9 Å². The highest BCUT2D eigenvalue weighted by Gasteiger charge is 2.70. The maximum absolute atomic E-state index is 13.5. The molecule has 6 bridgehead atoms. The van der Waals surface area contributed by atoms with Gasteiger partial charge in [-0.15, -0.1) is 0 Å². The van der Waals surface area contributed by atoms with Crippen LogP contribution >= 0.6 is 0 Å². The van der Waals surface area contributed by atoms with Gasteiger partial charge in [0, 0.05) is 11.8 Å². The zero-order chi connectivity index (χ0) is 23.1. The molecular formula is C23H28O9S. The van der Waals surface area contributed by atoms with Gasteiger partial charge < -0.3 is 14.2 Å². The highest BCUT2D eigenvalue weighted by atomic mass is 32.2. The summed E-state index contributed by atoms with van der Waals surface area (Å²) in [6.45, 7) is -0.179. The van der Waals surface area contributed by atoms with E-state index in [1.807, 2.05) is 0 Å². The van der Waals surface area contributed by atoms with E-state index in [9.17, 15) is 22.8 Å². The number of esters is 3. The Morgan fingerprint density at radius 2 is 1.88 bits per heavy atom. The third-order valence-electron chi connectivity index (χ3n) is 8.81. The van der Waals surface area contributed by atoms with E-state index in [0.717, 1.165) is 25.7 Å². The first-order valence-corrected chi connectivity index (χ1v) is 13.5. The predicted molar refractivity (Wildman–Crippen MR) is 111 cm³/mol. The molecule has 1 heterocycles. The van der Waals surface area contributed by atoms with Crippen LogP contribution < -0.4 is 0 Å². The molecule has 1 saturated heterocycles. The van der Waals surface area contributed by atoms with Crippen molar-refractivity contribution in [2.45, 2.75) is 57.2 Å². The monoisotopic (exact) mass is 480 g/mol. The maximum Gasteiger partial charge on any atom is 0.316 e. The Kier molecular flexibility index (Phi) is 4.76. The van der Waals surface area contributed by atoms with Gasteiger partial charge in [0.25, 0.3) is 10.1 Å². The highest BCUT2D eigenvalue weighted by Crippen LogP contribution is 2.61. The molecule has 8 atom stereocenters. The van der Waals surface area contributed by atoms with Crippen LogP contribution in [0.5, 0.6) is 0 Å². The van der Waals surface area contributed by atoms with Gasteiger partial charge in [-0.25, -0.2) is 0 Å². The van der Waals surface area contributed by atoms with E-state index in [4.69, 9.17) is 18.8 Å². The van der Waals surface area contributed by atoms with E-state index in [1.54, 1.807) is 0 Å². The third kappa shape index (κ3) is 3.43. The summed E-state index contributed by atoms with van der Waals surface area (Å²) in [6, 6.07) is 0. The molecule has 1 aliphatic heterocycles. The Hall–Kier alpha value is -1.94. The lowest BCUT2D eigenvalue weighted by molar-refractivity contribution is -0.177. The molecule has 0 radical (unpaired) electrons. The Balaban J connectivity index is 1.17. The minimum atomic E-state index is -4.14. The molecule has 6 aliphatic carbocycles. The minimum absolute atomic E-state index is 0.0406. The molecule has 0 spiro atoms. The van der Waals surface area contributed by atoms with Gasteiger partial charge in [-0.3, -0.25) is 18.9 Å². The van der Waals surface area contributed by atoms with Gasteiger partial charge in [0.15, 0.2) is 0 Å². The quantitative estimate of drug-likeness (QED) is 0.190. The zero-order valence-corrected chi connectivity index (χ0v) is 19.0. The fraction of sp³-hybridized carbons (Fsp3) is 0.783. The van der Waals surface area contributed by atoms with E-state index in [0.29, 0.717) is 18.3 Å². The Labute approximate surface area is 191 Å². The second kappa shape index (κ2) is 7.28. The fourth-order valence-electron chi connectivity index (χ4n) is 7.96. The van der Waals surface area contributed by atoms with Crippen molar-refractivity contribution in [1.82, 2.24) is 0 Å². The molecule has 4 saturated carbocycles. The molecule has 0 aromatic carbocycles. The van der Waals surface area contributed by atoms with Crippen LogP contribution in [-0.4, -0.2) is 55.4 Å². The molecule has 10 heteroatoms. The van der Waals surface area contributed by atoms with Gasteiger partial charge in [-0.1, -0.05) is 11.6 Å². The van der Waals surface area contributed by atoms with Crippen LogP contribution in [0.2, 0.25) is 0 Å². The van der Waals surface area contributed by atoms with Gasteiger partial charge in [0.05, 0.1) is 29.6 Å². The maximum atomic E-state index is 13.5. The Morgan fingerprint density at radius 1 is 1.15 bits per heavy atom. The number of allylic oxidation sites excluding steroid dienone is 1. The van der Waals surface area contributed by atoms with Crippen LogP contribution in [0.1, 0.15) is 44.9 Å². The summed E-state index contributed by atoms with van der Waals surface area (Å²) in [5.41, 5.74) is 0.770. The first-order chi connectivity index (χ1) is 15.6. The van der Waals surface area contributed by atoms with E-state index < -0.39 is 57.3 Å². The normalized spacial score (nSPS) is 44.0. The summed E-state index contributed by atoms with van der Waals surface area (Å²) < 4.78 is 47.4. The summed E-state index contributed by atoms with van der Waals surface area (Å²) in [7, 11) is -4.14. The SMILES string of the molecule is O=C1OC2C3CC(C2OC(=O)C24C=C5CC(CC(C5)C2)C4)C(C(=O)OCCCS(=O)(=O)O)C13. The smallest absolute Gasteiger partial charge is 0.316 e. The molecule has 7 aliphatic rings. The van der Waals surface area contributed by atoms with Gasteiger partial charge in [-0.2, -0.15) is 8.42 Å². The number of ether oxygens (including phenoxy) is 3. The topological polar surface area (TPSA) is 133 Å². The largest absolute Gasteiger partial charge is 0.465 e. The molecule has 180 valence electrons. The fourth-order valence-corrected chi connectivity index (χ4v) is 8.44. The van der Waals surface area contributed by atoms with Crippen molar-refractivity contribution in [2.75, 3.05) is 12.4 Å². The highest BCUT2D eigenvalue weighted by molar-refractivity contribution is 7.85. The van der Waals surface area contributed by atoms with Crippen molar-refractivity contribution in [1.29, 1.82) is 0 Å². The third-order valence-corrected chi connectivity index (χ3v) is 9.62. The summed E-state index contributed by atoms with van der Waals surface area (Å²) in [5, 5.41) is 0. The second-order valence-corrected chi connectivity index (χ2v) is 12.5. The average Bonchev–Trinajstić information content (AvgIpc) is 3.33. The van der Waals surface area contributed by atoms with E-state index in [1.165, 1.54) is 12.0 Å². The standard InChI is InChI=1S/C23H28O9S/c24-20(30-2-1-3-33(27,28)29)16-14-7-15-17(16)21(25)31-18(15)19(14)32-22(26)23-8-11-4-12(9-23)6-13(5-11)10-23/h8,12-19H,1-7,9-10H2,(H,27,28,29). The first kappa shape index (κ1) is 21.6. The summed E-state index contributed by atoms with van der Waals surface area (Å²) >= 11 is 0. The summed E-state index contributed by atoms with van der Waals surface area (Å²) in [4.78, 5) is 38.8. The van der Waals surface area contributed by atoms with Crippen LogP contribution in [-0.2, 0) is 38.7 Å². The van der Waals surface area contributed by atoms with E-state index in [2.05, 4.69) is 6.08 Å². The van der Waals surface area contributed by atoms with Gasteiger partial charge in [0.2, 0.25) is 0 Å². The van der Waals surface area contributed by atoms with Crippen molar-refractivity contribution in [3.63, 3.8) is 0 Å². The molecule has 0 aromatic heterocycles. The molecule has 0 aromatic rings. The van der Waals surface area contributed by atoms with Crippen LogP contribution in [0.3, 0.4) is 0 Å². The van der Waals surface area contributed by atoms with Crippen LogP contribution in [0.15, 0.2) is 11.6 Å². The summed E-state index contributed by atoms with van der Waals surface area (Å²) in [5.74, 6) is -2.66. The lowest BCUT2D eigenvalue weighted by atomic mass is 9.54. The molecule has 0 amide bonds. The Morgan fingerprint density at radius 3 is 2.55 bits per heavy atom. The average molecular weight is 481 g/mol. The Bertz CT molecular complexity index is 1030. The molecular weight excluding hydrogens is 452 g/mol. The second-order valence-electron chi connectivity index (χ2n) is 10.9. The van der Waals surface area contributed by atoms with E-state index >= 15 is 0 Å². The first-order valence-electron chi connectivity index (χ1n) is 11.9. The molecule has 1 N–H and O–H groups in total. The van der Waals surface area contributed by atoms with Crippen LogP contribution in [0.4, 0.5) is 0 Å². The van der Waals surface area contributed by atoms with Crippen LogP contribution in [0.25, 0.3) is 0 Å². The molecule has 9 nitrogen and oxygen atoms in total. The summed E-state index contributed by atoms with van der Waals surface area (Å²) in [6.07, 6.45) is 6.41. The van der Waals surface area contributed by atoms with Gasteiger partial charge in [-0.05, 0) is 56.8 Å². The van der Waals surface area contributed by atoms with Crippen molar-refractivity contribution < 1.29 is 41.6 Å². The molecule has 7 rings (SSSR count). The number of carbonyl (C=O) groups is 3. The van der Waals surface area contributed by atoms with Crippen molar-refractivity contribution >= 4 is 28.0 Å². The zero-order valence-electron chi connectivity index (χ0n) is 18.2. The molecule has 8 unspecified atom stereocenters. The molecule has 33 heavy (non-hydrogen) atoms. The van der Waals surface area contributed by atoms with E-state index in [-0.39, 0.29) is 30.8 Å². The van der Waals surface area contributed by atoms with Gasteiger partial charge in [0.1, 0.15) is 12.2 Å². The van der Waals surface area contributed by atoms with Crippen LogP contribution in [0, 0.1) is 40.9 Å². The number of rotatable bonds is 7. The predicted octanol–water partition coefficient (Wildman–Crippen LogP) is 1.66.